The third-order valence-corrected chi connectivity index (χ3v) is 6.44. The van der Waals surface area contributed by atoms with E-state index in [4.69, 9.17) is 0 Å². The van der Waals surface area contributed by atoms with Crippen LogP contribution in [0.15, 0.2) is 35.4 Å². The van der Waals surface area contributed by atoms with E-state index in [1.165, 1.54) is 17.4 Å². The van der Waals surface area contributed by atoms with Crippen molar-refractivity contribution in [2.75, 3.05) is 31.1 Å². The van der Waals surface area contributed by atoms with Gasteiger partial charge < -0.3 is 4.90 Å². The highest BCUT2D eigenvalue weighted by Crippen LogP contribution is 2.20. The molecule has 1 aliphatic heterocycles. The van der Waals surface area contributed by atoms with Crippen molar-refractivity contribution in [3.05, 3.63) is 47.3 Å². The summed E-state index contributed by atoms with van der Waals surface area (Å²) in [6.45, 7) is 6.93. The van der Waals surface area contributed by atoms with Crippen molar-refractivity contribution in [1.82, 2.24) is 14.3 Å². The van der Waals surface area contributed by atoms with Gasteiger partial charge in [0.25, 0.3) is 0 Å². The maximum Gasteiger partial charge on any atom is 0.243 e. The standard InChI is InChI=1S/C18H22N4O3S/c1-13-4-6-16(7-5-13)26(24,25)22-10-8-21(9-11-22)18-19-12-17(15(3)23)14(2)20-18/h4-7,12H,8-11H2,1-3H3. The molecule has 0 radical (unpaired) electrons. The number of piperazine rings is 1. The zero-order valence-corrected chi connectivity index (χ0v) is 16.0. The van der Waals surface area contributed by atoms with E-state index in [2.05, 4.69) is 9.97 Å². The normalized spacial score (nSPS) is 15.9. The Hall–Kier alpha value is -2.32. The van der Waals surface area contributed by atoms with E-state index >= 15 is 0 Å². The summed E-state index contributed by atoms with van der Waals surface area (Å²) in [5.41, 5.74) is 2.17. The molecule has 0 saturated carbocycles. The Balaban J connectivity index is 1.72. The van der Waals surface area contributed by atoms with E-state index in [9.17, 15) is 13.2 Å². The molecule has 1 aromatic heterocycles. The molecule has 26 heavy (non-hydrogen) atoms. The molecule has 8 heteroatoms. The highest BCUT2D eigenvalue weighted by atomic mass is 32.2. The van der Waals surface area contributed by atoms with Crippen LogP contribution in [0.1, 0.15) is 28.5 Å². The van der Waals surface area contributed by atoms with E-state index in [1.807, 2.05) is 11.8 Å². The van der Waals surface area contributed by atoms with Gasteiger partial charge in [-0.25, -0.2) is 18.4 Å². The van der Waals surface area contributed by atoms with E-state index < -0.39 is 10.0 Å². The van der Waals surface area contributed by atoms with Gasteiger partial charge >= 0.3 is 0 Å². The lowest BCUT2D eigenvalue weighted by Crippen LogP contribution is -2.49. The van der Waals surface area contributed by atoms with E-state index in [0.717, 1.165) is 5.56 Å². The van der Waals surface area contributed by atoms with Crippen molar-refractivity contribution in [2.45, 2.75) is 25.7 Å². The summed E-state index contributed by atoms with van der Waals surface area (Å²) < 4.78 is 27.0. The number of nitrogens with zero attached hydrogens (tertiary/aromatic N) is 4. The van der Waals surface area contributed by atoms with E-state index in [-0.39, 0.29) is 5.78 Å². The van der Waals surface area contributed by atoms with Crippen LogP contribution in [-0.2, 0) is 10.0 Å². The van der Waals surface area contributed by atoms with Gasteiger partial charge in [0.1, 0.15) is 0 Å². The molecule has 1 fully saturated rings. The van der Waals surface area contributed by atoms with Gasteiger partial charge in [-0.3, -0.25) is 4.79 Å². The molecule has 138 valence electrons. The predicted octanol–water partition coefficient (Wildman–Crippen LogP) is 1.81. The Bertz CT molecular complexity index is 918. The minimum absolute atomic E-state index is 0.0666. The van der Waals surface area contributed by atoms with Crippen LogP contribution in [0.2, 0.25) is 0 Å². The maximum atomic E-state index is 12.8. The Labute approximate surface area is 153 Å². The number of rotatable bonds is 4. The summed E-state index contributed by atoms with van der Waals surface area (Å²) in [6.07, 6.45) is 1.54. The van der Waals surface area contributed by atoms with Gasteiger partial charge in [-0.1, -0.05) is 17.7 Å². The summed E-state index contributed by atoms with van der Waals surface area (Å²) in [4.78, 5) is 22.4. The summed E-state index contributed by atoms with van der Waals surface area (Å²) >= 11 is 0. The smallest absolute Gasteiger partial charge is 0.243 e. The second-order valence-electron chi connectivity index (χ2n) is 6.43. The highest BCUT2D eigenvalue weighted by Gasteiger charge is 2.29. The third-order valence-electron chi connectivity index (χ3n) is 4.53. The predicted molar refractivity (Wildman–Crippen MR) is 98.9 cm³/mol. The monoisotopic (exact) mass is 374 g/mol. The lowest BCUT2D eigenvalue weighted by atomic mass is 10.2. The quantitative estimate of drug-likeness (QED) is 0.759. The van der Waals surface area contributed by atoms with Crippen LogP contribution in [-0.4, -0.2) is 54.7 Å². The molecule has 2 aromatic rings. The minimum Gasteiger partial charge on any atom is -0.338 e. The number of hydrogen-bond acceptors (Lipinski definition) is 6. The summed E-state index contributed by atoms with van der Waals surface area (Å²) in [7, 11) is -3.49. The molecule has 0 N–H and O–H groups in total. The Morgan fingerprint density at radius 2 is 1.65 bits per heavy atom. The Morgan fingerprint density at radius 1 is 1.04 bits per heavy atom. The van der Waals surface area contributed by atoms with Gasteiger partial charge in [-0.15, -0.1) is 0 Å². The summed E-state index contributed by atoms with van der Waals surface area (Å²) in [5, 5.41) is 0. The molecule has 0 amide bonds. The van der Waals surface area contributed by atoms with Crippen molar-refractivity contribution in [3.63, 3.8) is 0 Å². The number of anilines is 1. The maximum absolute atomic E-state index is 12.8. The Morgan fingerprint density at radius 3 is 2.19 bits per heavy atom. The largest absolute Gasteiger partial charge is 0.338 e. The van der Waals surface area contributed by atoms with Crippen molar-refractivity contribution in [3.8, 4) is 0 Å². The SMILES string of the molecule is CC(=O)c1cnc(N2CCN(S(=O)(=O)c3ccc(C)cc3)CC2)nc1C. The number of benzene rings is 1. The van der Waals surface area contributed by atoms with Crippen LogP contribution in [0.5, 0.6) is 0 Å². The zero-order chi connectivity index (χ0) is 18.9. The summed E-state index contributed by atoms with van der Waals surface area (Å²) in [6, 6.07) is 6.89. The van der Waals surface area contributed by atoms with Crippen molar-refractivity contribution in [1.29, 1.82) is 0 Å². The average molecular weight is 374 g/mol. The average Bonchev–Trinajstić information content (AvgIpc) is 2.62. The van der Waals surface area contributed by atoms with Gasteiger partial charge in [0.05, 0.1) is 16.2 Å². The number of Topliss-reactive ketones (excluding diaryl/α,β-unsaturated/α-hetero) is 1. The molecule has 0 unspecified atom stereocenters. The summed E-state index contributed by atoms with van der Waals surface area (Å²) in [5.74, 6) is 0.461. The number of sulfonamides is 1. The number of hydrogen-bond donors (Lipinski definition) is 0. The Kier molecular flexibility index (Phi) is 5.06. The van der Waals surface area contributed by atoms with E-state index in [1.54, 1.807) is 31.2 Å². The third kappa shape index (κ3) is 3.61. The van der Waals surface area contributed by atoms with Gasteiger partial charge in [0.2, 0.25) is 16.0 Å². The van der Waals surface area contributed by atoms with Crippen LogP contribution in [0.25, 0.3) is 0 Å². The molecule has 2 heterocycles. The first-order valence-electron chi connectivity index (χ1n) is 8.45. The fourth-order valence-electron chi connectivity index (χ4n) is 2.94. The molecule has 1 aliphatic rings. The van der Waals surface area contributed by atoms with Crippen molar-refractivity contribution in [2.24, 2.45) is 0 Å². The fourth-order valence-corrected chi connectivity index (χ4v) is 4.36. The van der Waals surface area contributed by atoms with Crippen LogP contribution in [0.3, 0.4) is 0 Å². The van der Waals surface area contributed by atoms with Crippen molar-refractivity contribution < 1.29 is 13.2 Å². The van der Waals surface area contributed by atoms with Gasteiger partial charge in [0.15, 0.2) is 5.78 Å². The lowest BCUT2D eigenvalue weighted by molar-refractivity contribution is 0.101. The molecule has 0 aliphatic carbocycles. The number of carbonyl (C=O) groups excluding carboxylic acids is 1. The number of carbonyl (C=O) groups is 1. The number of aryl methyl sites for hydroxylation is 2. The molecular formula is C18H22N4O3S. The zero-order valence-electron chi connectivity index (χ0n) is 15.1. The second-order valence-corrected chi connectivity index (χ2v) is 8.37. The minimum atomic E-state index is -3.49. The molecule has 7 nitrogen and oxygen atoms in total. The van der Waals surface area contributed by atoms with Gasteiger partial charge in [0, 0.05) is 32.4 Å². The van der Waals surface area contributed by atoms with Crippen LogP contribution in [0, 0.1) is 13.8 Å². The van der Waals surface area contributed by atoms with Crippen LogP contribution in [0.4, 0.5) is 5.95 Å². The second kappa shape index (κ2) is 7.13. The molecule has 0 bridgehead atoms. The molecular weight excluding hydrogens is 352 g/mol. The molecule has 0 atom stereocenters. The molecule has 0 spiro atoms. The van der Waals surface area contributed by atoms with Gasteiger partial charge in [-0.2, -0.15) is 4.31 Å². The molecule has 1 saturated heterocycles. The first-order valence-corrected chi connectivity index (χ1v) is 9.89. The topological polar surface area (TPSA) is 83.5 Å². The van der Waals surface area contributed by atoms with Crippen molar-refractivity contribution >= 4 is 21.8 Å². The van der Waals surface area contributed by atoms with Crippen LogP contribution < -0.4 is 4.90 Å². The lowest BCUT2D eigenvalue weighted by Gasteiger charge is -2.34. The first-order chi connectivity index (χ1) is 12.3. The number of aromatic nitrogens is 2. The number of ketones is 1. The molecule has 1 aromatic carbocycles. The van der Waals surface area contributed by atoms with Crippen LogP contribution >= 0.6 is 0 Å². The first kappa shape index (κ1) is 18.5. The van der Waals surface area contributed by atoms with E-state index in [0.29, 0.717) is 48.3 Å². The highest BCUT2D eigenvalue weighted by molar-refractivity contribution is 7.89. The van der Waals surface area contributed by atoms with Gasteiger partial charge in [-0.05, 0) is 32.9 Å². The fraction of sp³-hybridized carbons (Fsp3) is 0.389. The molecule has 3 rings (SSSR count).